The van der Waals surface area contributed by atoms with E-state index in [2.05, 4.69) is 29.6 Å². The number of ether oxygens (including phenoxy) is 1. The third kappa shape index (κ3) is 4.09. The lowest BCUT2D eigenvalue weighted by atomic mass is 10.0. The summed E-state index contributed by atoms with van der Waals surface area (Å²) in [7, 11) is 0. The lowest BCUT2D eigenvalue weighted by molar-refractivity contribution is -0.118. The van der Waals surface area contributed by atoms with Gasteiger partial charge in [0.25, 0.3) is 0 Å². The first-order valence-corrected chi connectivity index (χ1v) is 8.98. The third-order valence-electron chi connectivity index (χ3n) is 3.87. The highest BCUT2D eigenvalue weighted by Gasteiger charge is 2.12. The molecule has 0 saturated carbocycles. The average Bonchev–Trinajstić information content (AvgIpc) is 3.08. The van der Waals surface area contributed by atoms with Crippen LogP contribution in [-0.2, 0) is 17.8 Å². The van der Waals surface area contributed by atoms with Crippen molar-refractivity contribution in [2.24, 2.45) is 0 Å². The summed E-state index contributed by atoms with van der Waals surface area (Å²) < 4.78 is 5.54. The van der Waals surface area contributed by atoms with E-state index < -0.39 is 0 Å². The second-order valence-electron chi connectivity index (χ2n) is 5.55. The SMILES string of the molecule is N#CCSCC(=O)NCc1ccc(-c2ccc3c(c2)CCO3)cc1. The number of nitrogens with zero attached hydrogens (tertiary/aromatic N) is 1. The van der Waals surface area contributed by atoms with Gasteiger partial charge in [-0.3, -0.25) is 4.79 Å². The van der Waals surface area contributed by atoms with E-state index >= 15 is 0 Å². The summed E-state index contributed by atoms with van der Waals surface area (Å²) >= 11 is 1.32. The van der Waals surface area contributed by atoms with Crippen LogP contribution in [0.25, 0.3) is 11.1 Å². The Morgan fingerprint density at radius 1 is 1.21 bits per heavy atom. The van der Waals surface area contributed by atoms with Gasteiger partial charge in [0.1, 0.15) is 5.75 Å². The monoisotopic (exact) mass is 338 g/mol. The Morgan fingerprint density at radius 2 is 2.00 bits per heavy atom. The van der Waals surface area contributed by atoms with Gasteiger partial charge in [-0.1, -0.05) is 30.3 Å². The molecule has 3 rings (SSSR count). The summed E-state index contributed by atoms with van der Waals surface area (Å²) in [5, 5.41) is 11.3. The fourth-order valence-electron chi connectivity index (χ4n) is 2.62. The van der Waals surface area contributed by atoms with Crippen molar-refractivity contribution in [1.29, 1.82) is 5.26 Å². The van der Waals surface area contributed by atoms with Crippen LogP contribution < -0.4 is 10.1 Å². The molecule has 0 saturated heterocycles. The van der Waals surface area contributed by atoms with Gasteiger partial charge in [-0.15, -0.1) is 11.8 Å². The fourth-order valence-corrected chi connectivity index (χ4v) is 3.10. The van der Waals surface area contributed by atoms with E-state index in [4.69, 9.17) is 10.00 Å². The van der Waals surface area contributed by atoms with Gasteiger partial charge < -0.3 is 10.1 Å². The molecule has 1 amide bonds. The number of hydrogen-bond donors (Lipinski definition) is 1. The lowest BCUT2D eigenvalue weighted by Gasteiger charge is -2.07. The summed E-state index contributed by atoms with van der Waals surface area (Å²) in [4.78, 5) is 11.6. The van der Waals surface area contributed by atoms with Gasteiger partial charge in [-0.25, -0.2) is 0 Å². The van der Waals surface area contributed by atoms with Gasteiger partial charge in [-0.2, -0.15) is 5.26 Å². The molecule has 0 fully saturated rings. The standard InChI is InChI=1S/C19H18N2O2S/c20-8-10-24-13-19(22)21-12-14-1-3-15(4-2-14)16-5-6-18-17(11-16)7-9-23-18/h1-6,11H,7,9-10,12-13H2,(H,21,22). The van der Waals surface area contributed by atoms with E-state index in [1.807, 2.05) is 24.3 Å². The van der Waals surface area contributed by atoms with Crippen LogP contribution in [0.5, 0.6) is 5.75 Å². The summed E-state index contributed by atoms with van der Waals surface area (Å²) in [5.74, 6) is 1.61. The fraction of sp³-hybridized carbons (Fsp3) is 0.263. The summed E-state index contributed by atoms with van der Waals surface area (Å²) in [6.45, 7) is 1.27. The molecule has 0 radical (unpaired) electrons. The number of thioether (sulfide) groups is 1. The first kappa shape index (κ1) is 16.4. The Bertz CT molecular complexity index is 766. The Morgan fingerprint density at radius 3 is 2.79 bits per heavy atom. The molecular weight excluding hydrogens is 320 g/mol. The second kappa shape index (κ2) is 7.89. The Labute approximate surface area is 145 Å². The van der Waals surface area contributed by atoms with E-state index in [-0.39, 0.29) is 5.91 Å². The smallest absolute Gasteiger partial charge is 0.230 e. The molecule has 122 valence electrons. The first-order valence-electron chi connectivity index (χ1n) is 7.83. The number of nitriles is 1. The largest absolute Gasteiger partial charge is 0.493 e. The van der Waals surface area contributed by atoms with Crippen LogP contribution in [-0.4, -0.2) is 24.0 Å². The van der Waals surface area contributed by atoms with Crippen molar-refractivity contribution in [2.45, 2.75) is 13.0 Å². The molecule has 2 aromatic carbocycles. The van der Waals surface area contributed by atoms with Gasteiger partial charge in [-0.05, 0) is 34.4 Å². The molecule has 4 nitrogen and oxygen atoms in total. The molecule has 5 heteroatoms. The van der Waals surface area contributed by atoms with Gasteiger partial charge in [0.15, 0.2) is 0 Å². The number of rotatable bonds is 6. The molecule has 0 bridgehead atoms. The highest BCUT2D eigenvalue weighted by molar-refractivity contribution is 8.00. The molecule has 1 N–H and O–H groups in total. The van der Waals surface area contributed by atoms with Crippen molar-refractivity contribution in [3.05, 3.63) is 53.6 Å². The van der Waals surface area contributed by atoms with Crippen LogP contribution in [0.15, 0.2) is 42.5 Å². The van der Waals surface area contributed by atoms with Gasteiger partial charge in [0.05, 0.1) is 24.2 Å². The molecular formula is C19H18N2O2S. The van der Waals surface area contributed by atoms with Gasteiger partial charge in [0.2, 0.25) is 5.91 Å². The molecule has 24 heavy (non-hydrogen) atoms. The van der Waals surface area contributed by atoms with E-state index in [9.17, 15) is 4.79 Å². The normalized spacial score (nSPS) is 12.1. The number of carbonyl (C=O) groups is 1. The Hall–Kier alpha value is -2.45. The molecule has 0 atom stereocenters. The quantitative estimate of drug-likeness (QED) is 0.822. The third-order valence-corrected chi connectivity index (χ3v) is 4.67. The van der Waals surface area contributed by atoms with Crippen molar-refractivity contribution in [3.63, 3.8) is 0 Å². The minimum atomic E-state index is -0.0436. The van der Waals surface area contributed by atoms with Crippen molar-refractivity contribution in [1.82, 2.24) is 5.32 Å². The van der Waals surface area contributed by atoms with Gasteiger partial charge in [0, 0.05) is 13.0 Å². The van der Waals surface area contributed by atoms with Crippen molar-refractivity contribution in [3.8, 4) is 22.9 Å². The predicted molar refractivity (Wildman–Crippen MR) is 95.9 cm³/mol. The molecule has 0 unspecified atom stereocenters. The average molecular weight is 338 g/mol. The second-order valence-corrected chi connectivity index (χ2v) is 6.53. The zero-order valence-corrected chi connectivity index (χ0v) is 14.1. The van der Waals surface area contributed by atoms with Crippen LogP contribution in [0.4, 0.5) is 0 Å². The van der Waals surface area contributed by atoms with E-state index in [0.717, 1.165) is 29.9 Å². The Balaban J connectivity index is 1.57. The number of nitrogens with one attached hydrogen (secondary N) is 1. The zero-order valence-electron chi connectivity index (χ0n) is 13.2. The van der Waals surface area contributed by atoms with Crippen LogP contribution in [0, 0.1) is 11.3 Å². The van der Waals surface area contributed by atoms with Crippen molar-refractivity contribution in [2.75, 3.05) is 18.1 Å². The molecule has 0 aliphatic carbocycles. The lowest BCUT2D eigenvalue weighted by Crippen LogP contribution is -2.24. The van der Waals surface area contributed by atoms with E-state index in [1.165, 1.54) is 22.9 Å². The van der Waals surface area contributed by atoms with Crippen molar-refractivity contribution < 1.29 is 9.53 Å². The Kier molecular flexibility index (Phi) is 5.39. The van der Waals surface area contributed by atoms with Crippen LogP contribution in [0.1, 0.15) is 11.1 Å². The van der Waals surface area contributed by atoms with Crippen LogP contribution in [0.2, 0.25) is 0 Å². The van der Waals surface area contributed by atoms with E-state index in [0.29, 0.717) is 18.1 Å². The molecule has 2 aromatic rings. The molecule has 0 spiro atoms. The minimum Gasteiger partial charge on any atom is -0.493 e. The summed E-state index contributed by atoms with van der Waals surface area (Å²) in [5.41, 5.74) is 4.66. The number of fused-ring (bicyclic) bond motifs is 1. The molecule has 1 aliphatic heterocycles. The van der Waals surface area contributed by atoms with Gasteiger partial charge >= 0.3 is 0 Å². The summed E-state index contributed by atoms with van der Waals surface area (Å²) in [6.07, 6.45) is 0.969. The number of benzene rings is 2. The highest BCUT2D eigenvalue weighted by atomic mass is 32.2. The maximum absolute atomic E-state index is 11.6. The highest BCUT2D eigenvalue weighted by Crippen LogP contribution is 2.30. The van der Waals surface area contributed by atoms with Crippen molar-refractivity contribution >= 4 is 17.7 Å². The predicted octanol–water partition coefficient (Wildman–Crippen LogP) is 3.16. The topological polar surface area (TPSA) is 62.1 Å². The van der Waals surface area contributed by atoms with Crippen LogP contribution >= 0.6 is 11.8 Å². The molecule has 1 heterocycles. The first-order chi connectivity index (χ1) is 11.8. The zero-order chi connectivity index (χ0) is 16.8. The number of amides is 1. The molecule has 1 aliphatic rings. The number of carbonyl (C=O) groups excluding carboxylic acids is 1. The van der Waals surface area contributed by atoms with Crippen LogP contribution in [0.3, 0.4) is 0 Å². The summed E-state index contributed by atoms with van der Waals surface area (Å²) in [6, 6.07) is 16.5. The van der Waals surface area contributed by atoms with E-state index in [1.54, 1.807) is 0 Å². The number of hydrogen-bond acceptors (Lipinski definition) is 4. The maximum atomic E-state index is 11.6. The minimum absolute atomic E-state index is 0.0436. The maximum Gasteiger partial charge on any atom is 0.230 e. The molecule has 0 aromatic heterocycles.